The number of carbonyl (C=O) groups excluding carboxylic acids is 1. The summed E-state index contributed by atoms with van der Waals surface area (Å²) in [5, 5.41) is 3.06. The van der Waals surface area contributed by atoms with Gasteiger partial charge in [-0.3, -0.25) is 14.3 Å². The van der Waals surface area contributed by atoms with Crippen molar-refractivity contribution < 1.29 is 13.9 Å². The van der Waals surface area contributed by atoms with Gasteiger partial charge < -0.3 is 14.5 Å². The standard InChI is InChI=1S/C23H27N3O4/c1-29-18-10-8-17(9-11-18)20(25-13-4-5-14-25)16-24-22(27)12-15-26-19-6-2-3-7-21(19)30-23(26)28/h2-3,6-11,20H,4-5,12-16H2,1H3,(H,24,27). The number of aromatic nitrogens is 1. The number of benzene rings is 2. The molecule has 0 spiro atoms. The van der Waals surface area contributed by atoms with Gasteiger partial charge in [0.1, 0.15) is 5.75 Å². The zero-order chi connectivity index (χ0) is 20.9. The van der Waals surface area contributed by atoms with Crippen molar-refractivity contribution in [2.24, 2.45) is 0 Å². The maximum atomic E-state index is 12.5. The van der Waals surface area contributed by atoms with Gasteiger partial charge in [0.25, 0.3) is 0 Å². The number of aryl methyl sites for hydroxylation is 1. The molecule has 0 saturated carbocycles. The number of hydrogen-bond acceptors (Lipinski definition) is 5. The van der Waals surface area contributed by atoms with E-state index in [0.29, 0.717) is 24.2 Å². The summed E-state index contributed by atoms with van der Waals surface area (Å²) in [6.07, 6.45) is 2.58. The van der Waals surface area contributed by atoms with E-state index in [1.54, 1.807) is 13.2 Å². The topological polar surface area (TPSA) is 76.7 Å². The molecule has 158 valence electrons. The third-order valence-electron chi connectivity index (χ3n) is 5.71. The van der Waals surface area contributed by atoms with Gasteiger partial charge in [0.05, 0.1) is 18.7 Å². The minimum atomic E-state index is -0.433. The molecule has 0 bridgehead atoms. The van der Waals surface area contributed by atoms with E-state index in [2.05, 4.69) is 22.3 Å². The Labute approximate surface area is 175 Å². The maximum Gasteiger partial charge on any atom is 0.419 e. The second-order valence-electron chi connectivity index (χ2n) is 7.57. The first kappa shape index (κ1) is 20.2. The molecule has 1 aliphatic rings. The summed E-state index contributed by atoms with van der Waals surface area (Å²) >= 11 is 0. The number of oxazole rings is 1. The van der Waals surface area contributed by atoms with Crippen LogP contribution in [0.5, 0.6) is 5.75 Å². The smallest absolute Gasteiger partial charge is 0.419 e. The monoisotopic (exact) mass is 409 g/mol. The predicted molar refractivity (Wildman–Crippen MR) is 115 cm³/mol. The molecule has 1 aromatic heterocycles. The Hall–Kier alpha value is -3.06. The fourth-order valence-corrected chi connectivity index (χ4v) is 4.08. The number of likely N-dealkylation sites (tertiary alicyclic amines) is 1. The summed E-state index contributed by atoms with van der Waals surface area (Å²) in [7, 11) is 1.65. The lowest BCUT2D eigenvalue weighted by Gasteiger charge is -2.28. The zero-order valence-corrected chi connectivity index (χ0v) is 17.2. The number of carbonyl (C=O) groups is 1. The van der Waals surface area contributed by atoms with E-state index < -0.39 is 5.76 Å². The van der Waals surface area contributed by atoms with Crippen LogP contribution in [0.3, 0.4) is 0 Å². The number of nitrogens with zero attached hydrogens (tertiary/aromatic N) is 2. The van der Waals surface area contributed by atoms with Gasteiger partial charge in [0.15, 0.2) is 5.58 Å². The number of hydrogen-bond donors (Lipinski definition) is 1. The van der Waals surface area contributed by atoms with E-state index in [9.17, 15) is 9.59 Å². The van der Waals surface area contributed by atoms with Gasteiger partial charge in [-0.2, -0.15) is 0 Å². The Morgan fingerprint density at radius 2 is 1.87 bits per heavy atom. The van der Waals surface area contributed by atoms with Crippen LogP contribution in [-0.2, 0) is 11.3 Å². The first-order chi connectivity index (χ1) is 14.7. The van der Waals surface area contributed by atoms with Gasteiger partial charge in [0, 0.05) is 19.5 Å². The average Bonchev–Trinajstić information content (AvgIpc) is 3.40. The lowest BCUT2D eigenvalue weighted by Crippen LogP contribution is -2.37. The molecule has 3 aromatic rings. The van der Waals surface area contributed by atoms with Gasteiger partial charge >= 0.3 is 5.76 Å². The summed E-state index contributed by atoms with van der Waals surface area (Å²) in [5.74, 6) is 0.308. The van der Waals surface area contributed by atoms with Crippen LogP contribution >= 0.6 is 0 Å². The van der Waals surface area contributed by atoms with E-state index in [0.717, 1.165) is 24.4 Å². The van der Waals surface area contributed by atoms with Crippen LogP contribution in [0.25, 0.3) is 11.1 Å². The van der Waals surface area contributed by atoms with E-state index in [1.165, 1.54) is 17.4 Å². The first-order valence-corrected chi connectivity index (χ1v) is 10.4. The number of methoxy groups -OCH3 is 1. The van der Waals surface area contributed by atoms with Crippen molar-refractivity contribution >= 4 is 17.0 Å². The van der Waals surface area contributed by atoms with E-state index in [4.69, 9.17) is 9.15 Å². The molecule has 7 nitrogen and oxygen atoms in total. The quantitative estimate of drug-likeness (QED) is 0.619. The van der Waals surface area contributed by atoms with Crippen LogP contribution < -0.4 is 15.8 Å². The van der Waals surface area contributed by atoms with Crippen molar-refractivity contribution in [3.8, 4) is 5.75 Å². The molecule has 0 radical (unpaired) electrons. The highest BCUT2D eigenvalue weighted by molar-refractivity contribution is 5.76. The SMILES string of the molecule is COc1ccc(C(CNC(=O)CCn2c(=O)oc3ccccc32)N2CCCC2)cc1. The van der Waals surface area contributed by atoms with Gasteiger partial charge in [-0.1, -0.05) is 24.3 Å². The normalized spacial score (nSPS) is 15.4. The molecule has 30 heavy (non-hydrogen) atoms. The average molecular weight is 409 g/mol. The Morgan fingerprint density at radius 1 is 1.13 bits per heavy atom. The molecular formula is C23H27N3O4. The van der Waals surface area contributed by atoms with Crippen molar-refractivity contribution in [3.63, 3.8) is 0 Å². The third-order valence-corrected chi connectivity index (χ3v) is 5.71. The summed E-state index contributed by atoms with van der Waals surface area (Å²) in [4.78, 5) is 27.0. The molecule has 1 unspecified atom stereocenters. The minimum Gasteiger partial charge on any atom is -0.497 e. The Bertz CT molecular complexity index is 1050. The summed E-state index contributed by atoms with van der Waals surface area (Å²) in [6, 6.07) is 15.4. The summed E-state index contributed by atoms with van der Waals surface area (Å²) in [5.41, 5.74) is 2.41. The lowest BCUT2D eigenvalue weighted by molar-refractivity contribution is -0.121. The van der Waals surface area contributed by atoms with Crippen LogP contribution in [0.2, 0.25) is 0 Å². The van der Waals surface area contributed by atoms with Crippen LogP contribution in [0.15, 0.2) is 57.7 Å². The summed E-state index contributed by atoms with van der Waals surface area (Å²) < 4.78 is 12.0. The highest BCUT2D eigenvalue weighted by Crippen LogP contribution is 2.26. The second kappa shape index (κ2) is 9.17. The van der Waals surface area contributed by atoms with Crippen LogP contribution in [0, 0.1) is 0 Å². The van der Waals surface area contributed by atoms with Gasteiger partial charge in [-0.15, -0.1) is 0 Å². The van der Waals surface area contributed by atoms with Crippen molar-refractivity contribution in [1.82, 2.24) is 14.8 Å². The van der Waals surface area contributed by atoms with Crippen molar-refractivity contribution in [2.75, 3.05) is 26.7 Å². The molecule has 1 amide bonds. The third kappa shape index (κ3) is 4.41. The molecule has 1 aliphatic heterocycles. The van der Waals surface area contributed by atoms with E-state index in [-0.39, 0.29) is 18.4 Å². The molecule has 1 fully saturated rings. The van der Waals surface area contributed by atoms with Crippen molar-refractivity contribution in [2.45, 2.75) is 31.8 Å². The van der Waals surface area contributed by atoms with Crippen LogP contribution in [-0.4, -0.2) is 42.1 Å². The largest absolute Gasteiger partial charge is 0.497 e. The first-order valence-electron chi connectivity index (χ1n) is 10.4. The zero-order valence-electron chi connectivity index (χ0n) is 17.2. The maximum absolute atomic E-state index is 12.5. The number of nitrogens with one attached hydrogen (secondary N) is 1. The summed E-state index contributed by atoms with van der Waals surface area (Å²) in [6.45, 7) is 2.89. The molecule has 7 heteroatoms. The molecule has 4 rings (SSSR count). The van der Waals surface area contributed by atoms with E-state index >= 15 is 0 Å². The molecule has 1 saturated heterocycles. The van der Waals surface area contributed by atoms with Crippen LogP contribution in [0.1, 0.15) is 30.9 Å². The molecule has 0 aliphatic carbocycles. The number of rotatable bonds is 8. The van der Waals surface area contributed by atoms with Crippen LogP contribution in [0.4, 0.5) is 0 Å². The molecular weight excluding hydrogens is 382 g/mol. The van der Waals surface area contributed by atoms with Gasteiger partial charge in [-0.25, -0.2) is 4.79 Å². The number of amides is 1. The molecule has 1 atom stereocenters. The number of fused-ring (bicyclic) bond motifs is 1. The number of para-hydroxylation sites is 2. The Kier molecular flexibility index (Phi) is 6.18. The van der Waals surface area contributed by atoms with Gasteiger partial charge in [-0.05, 0) is 55.8 Å². The number of ether oxygens (including phenoxy) is 1. The Balaban J connectivity index is 1.39. The predicted octanol–water partition coefficient (Wildman–Crippen LogP) is 2.95. The lowest BCUT2D eigenvalue weighted by atomic mass is 10.1. The highest BCUT2D eigenvalue weighted by atomic mass is 16.5. The fourth-order valence-electron chi connectivity index (χ4n) is 4.08. The second-order valence-corrected chi connectivity index (χ2v) is 7.57. The highest BCUT2D eigenvalue weighted by Gasteiger charge is 2.24. The Morgan fingerprint density at radius 3 is 2.60 bits per heavy atom. The molecule has 2 aromatic carbocycles. The molecule has 2 heterocycles. The van der Waals surface area contributed by atoms with Crippen molar-refractivity contribution in [3.05, 3.63) is 64.6 Å². The molecule has 1 N–H and O–H groups in total. The van der Waals surface area contributed by atoms with E-state index in [1.807, 2.05) is 30.3 Å². The fraction of sp³-hybridized carbons (Fsp3) is 0.391. The minimum absolute atomic E-state index is 0.0788. The van der Waals surface area contributed by atoms with Crippen molar-refractivity contribution in [1.29, 1.82) is 0 Å². The van der Waals surface area contributed by atoms with Gasteiger partial charge in [0.2, 0.25) is 5.91 Å².